The number of amides is 2. The predicted molar refractivity (Wildman–Crippen MR) is 136 cm³/mol. The van der Waals surface area contributed by atoms with Crippen LogP contribution in [-0.2, 0) is 16.0 Å². The molecule has 0 unspecified atom stereocenters. The van der Waals surface area contributed by atoms with Crippen LogP contribution >= 0.6 is 0 Å². The molecule has 2 atom stereocenters. The van der Waals surface area contributed by atoms with E-state index in [-0.39, 0.29) is 49.9 Å². The lowest BCUT2D eigenvalue weighted by molar-refractivity contribution is -0.130. The van der Waals surface area contributed by atoms with Gasteiger partial charge in [0.15, 0.2) is 0 Å². The van der Waals surface area contributed by atoms with Gasteiger partial charge in [-0.1, -0.05) is 36.4 Å². The van der Waals surface area contributed by atoms with E-state index >= 15 is 0 Å². The second kappa shape index (κ2) is 12.2. The summed E-state index contributed by atoms with van der Waals surface area (Å²) < 4.78 is 27.4. The number of hydrogen-bond acceptors (Lipinski definition) is 5. The van der Waals surface area contributed by atoms with Gasteiger partial charge in [-0.25, -0.2) is 13.6 Å². The molecule has 0 spiro atoms. The number of nitrogens with one attached hydrogen (secondary N) is 1. The van der Waals surface area contributed by atoms with Crippen LogP contribution in [-0.4, -0.2) is 82.4 Å². The first-order valence-corrected chi connectivity index (χ1v) is 12.6. The summed E-state index contributed by atoms with van der Waals surface area (Å²) in [4.78, 5) is 32.4. The number of halogens is 2. The third-order valence-electron chi connectivity index (χ3n) is 7.10. The normalized spacial score (nSPS) is 21.3. The van der Waals surface area contributed by atoms with Crippen LogP contribution in [0.2, 0.25) is 0 Å². The third kappa shape index (κ3) is 8.09. The van der Waals surface area contributed by atoms with E-state index in [9.17, 15) is 28.4 Å². The summed E-state index contributed by atoms with van der Waals surface area (Å²) in [6.45, 7) is 11.5. The van der Waals surface area contributed by atoms with Gasteiger partial charge in [-0.2, -0.15) is 0 Å². The van der Waals surface area contributed by atoms with Gasteiger partial charge in [0, 0.05) is 38.0 Å². The highest BCUT2D eigenvalue weighted by Crippen LogP contribution is 2.33. The SMILES string of the molecule is [C-]#[N+]C(=CC(C)(C)N1CCC(F)(F)C1)C(=O)N1CCC[C@@H](CC(=O)N[C@@H](Cc2ccccc2)B(O)O)C1. The molecule has 1 aromatic carbocycles. The average Bonchev–Trinajstić information content (AvgIpc) is 3.23. The Morgan fingerprint density at radius 1 is 1.30 bits per heavy atom. The number of benzene rings is 1. The molecule has 1 aromatic rings. The summed E-state index contributed by atoms with van der Waals surface area (Å²) in [5.41, 5.74) is -0.144. The minimum absolute atomic E-state index is 0.104. The maximum Gasteiger partial charge on any atom is 0.475 e. The van der Waals surface area contributed by atoms with Crippen molar-refractivity contribution in [2.75, 3.05) is 26.2 Å². The van der Waals surface area contributed by atoms with E-state index in [1.54, 1.807) is 23.6 Å². The quantitative estimate of drug-likeness (QED) is 0.266. The number of likely N-dealkylation sites (tertiary alicyclic amines) is 2. The Hall–Kier alpha value is -2.81. The van der Waals surface area contributed by atoms with E-state index in [4.69, 9.17) is 6.57 Å². The molecule has 200 valence electrons. The molecule has 2 heterocycles. The maximum atomic E-state index is 13.7. The second-order valence-corrected chi connectivity index (χ2v) is 10.6. The van der Waals surface area contributed by atoms with Gasteiger partial charge in [0.05, 0.1) is 19.1 Å². The summed E-state index contributed by atoms with van der Waals surface area (Å²) >= 11 is 0. The van der Waals surface area contributed by atoms with Crippen molar-refractivity contribution in [2.45, 2.75) is 63.4 Å². The Kier molecular flexibility index (Phi) is 9.45. The van der Waals surface area contributed by atoms with Crippen LogP contribution < -0.4 is 5.32 Å². The fourth-order valence-corrected chi connectivity index (χ4v) is 5.00. The zero-order chi connectivity index (χ0) is 27.2. The maximum absolute atomic E-state index is 13.7. The summed E-state index contributed by atoms with van der Waals surface area (Å²) in [5.74, 6) is -4.60. The van der Waals surface area contributed by atoms with Crippen molar-refractivity contribution in [3.63, 3.8) is 0 Å². The minimum atomic E-state index is -2.78. The van der Waals surface area contributed by atoms with Crippen LogP contribution in [0.4, 0.5) is 8.78 Å². The summed E-state index contributed by atoms with van der Waals surface area (Å²) in [7, 11) is -1.72. The second-order valence-electron chi connectivity index (χ2n) is 10.6. The van der Waals surface area contributed by atoms with Crippen molar-refractivity contribution in [2.24, 2.45) is 5.92 Å². The van der Waals surface area contributed by atoms with E-state index in [1.165, 1.54) is 6.08 Å². The van der Waals surface area contributed by atoms with Gasteiger partial charge in [0.2, 0.25) is 11.6 Å². The first kappa shape index (κ1) is 28.8. The van der Waals surface area contributed by atoms with Crippen LogP contribution in [0.3, 0.4) is 0 Å². The van der Waals surface area contributed by atoms with E-state index < -0.39 is 37.0 Å². The number of nitrogens with zero attached hydrogens (tertiary/aromatic N) is 3. The van der Waals surface area contributed by atoms with Crippen molar-refractivity contribution in [3.05, 3.63) is 59.1 Å². The smallest absolute Gasteiger partial charge is 0.426 e. The Balaban J connectivity index is 1.59. The topological polar surface area (TPSA) is 97.5 Å². The number of carbonyl (C=O) groups excluding carboxylic acids is 2. The van der Waals surface area contributed by atoms with Gasteiger partial charge < -0.3 is 20.3 Å². The third-order valence-corrected chi connectivity index (χ3v) is 7.10. The molecule has 3 rings (SSSR count). The van der Waals surface area contributed by atoms with Gasteiger partial charge >= 0.3 is 7.12 Å². The zero-order valence-electron chi connectivity index (χ0n) is 21.4. The van der Waals surface area contributed by atoms with Gasteiger partial charge in [0.1, 0.15) is 0 Å². The predicted octanol–water partition coefficient (Wildman–Crippen LogP) is 2.28. The number of hydrogen-bond donors (Lipinski definition) is 3. The van der Waals surface area contributed by atoms with Crippen LogP contribution in [0.5, 0.6) is 0 Å². The fourth-order valence-electron chi connectivity index (χ4n) is 5.00. The highest BCUT2D eigenvalue weighted by atomic mass is 19.3. The van der Waals surface area contributed by atoms with Crippen LogP contribution in [0.15, 0.2) is 42.1 Å². The molecule has 0 aromatic heterocycles. The molecular weight excluding hydrogens is 481 g/mol. The lowest BCUT2D eigenvalue weighted by Crippen LogP contribution is -2.49. The Bertz CT molecular complexity index is 1030. The molecule has 0 radical (unpaired) electrons. The van der Waals surface area contributed by atoms with Gasteiger partial charge in [-0.05, 0) is 44.6 Å². The van der Waals surface area contributed by atoms with Crippen molar-refractivity contribution < 1.29 is 28.4 Å². The van der Waals surface area contributed by atoms with Gasteiger partial charge in [0.25, 0.3) is 11.8 Å². The fraction of sp³-hybridized carbons (Fsp3) is 0.577. The van der Waals surface area contributed by atoms with E-state index in [1.807, 2.05) is 30.3 Å². The first-order chi connectivity index (χ1) is 17.4. The highest BCUT2D eigenvalue weighted by molar-refractivity contribution is 6.43. The lowest BCUT2D eigenvalue weighted by atomic mass is 9.75. The molecule has 2 saturated heterocycles. The van der Waals surface area contributed by atoms with E-state index in [2.05, 4.69) is 10.2 Å². The average molecular weight is 516 g/mol. The monoisotopic (exact) mass is 516 g/mol. The van der Waals surface area contributed by atoms with Crippen molar-refractivity contribution in [1.82, 2.24) is 15.1 Å². The Labute approximate surface area is 217 Å². The molecule has 11 heteroatoms. The summed E-state index contributed by atoms with van der Waals surface area (Å²) in [6, 6.07) is 9.19. The molecule has 2 amide bonds. The molecule has 3 N–H and O–H groups in total. The number of piperidine rings is 1. The molecular formula is C26H35BF2N4O4. The first-order valence-electron chi connectivity index (χ1n) is 12.6. The van der Waals surface area contributed by atoms with Crippen molar-refractivity contribution >= 4 is 18.9 Å². The number of alkyl halides is 2. The molecule has 2 aliphatic heterocycles. The molecule has 2 aliphatic rings. The van der Waals surface area contributed by atoms with Gasteiger partial charge in [-0.3, -0.25) is 14.5 Å². The number of carbonyl (C=O) groups is 2. The molecule has 37 heavy (non-hydrogen) atoms. The molecule has 2 fully saturated rings. The minimum Gasteiger partial charge on any atom is -0.426 e. The molecule has 0 aliphatic carbocycles. The Morgan fingerprint density at radius 2 is 2.00 bits per heavy atom. The Morgan fingerprint density at radius 3 is 2.59 bits per heavy atom. The lowest BCUT2D eigenvalue weighted by Gasteiger charge is -2.35. The van der Waals surface area contributed by atoms with Crippen molar-refractivity contribution in [1.29, 1.82) is 0 Å². The van der Waals surface area contributed by atoms with Gasteiger partial charge in [-0.15, -0.1) is 0 Å². The summed E-state index contributed by atoms with van der Waals surface area (Å²) in [5, 5.41) is 22.2. The van der Waals surface area contributed by atoms with Crippen LogP contribution in [0.25, 0.3) is 4.85 Å². The van der Waals surface area contributed by atoms with E-state index in [0.717, 1.165) is 5.56 Å². The van der Waals surface area contributed by atoms with Crippen LogP contribution in [0.1, 0.15) is 45.1 Å². The standard InChI is InChI=1S/C26H35BF2N4O4/c1-25(2,33-13-11-26(28,29)18-33)16-21(30-3)24(35)32-12-7-10-20(17-32)15-23(34)31-22(27(36)37)14-19-8-5-4-6-9-19/h4-6,8-9,16,20,22,36-37H,7,10-15,17-18H2,1-2H3,(H,31,34)/t20-,22-/m0/s1. The van der Waals surface area contributed by atoms with Crippen molar-refractivity contribution in [3.8, 4) is 0 Å². The molecule has 8 nitrogen and oxygen atoms in total. The number of rotatable bonds is 9. The highest BCUT2D eigenvalue weighted by Gasteiger charge is 2.43. The van der Waals surface area contributed by atoms with E-state index in [0.29, 0.717) is 19.4 Å². The summed E-state index contributed by atoms with van der Waals surface area (Å²) in [6.07, 6.45) is 2.96. The molecule has 0 saturated carbocycles. The van der Waals surface area contributed by atoms with Crippen LogP contribution in [0, 0.1) is 12.5 Å². The largest absolute Gasteiger partial charge is 0.475 e. The zero-order valence-corrected chi connectivity index (χ0v) is 21.4. The molecule has 0 bridgehead atoms.